The van der Waals surface area contributed by atoms with Gasteiger partial charge in [0.05, 0.1) is 11.2 Å². The van der Waals surface area contributed by atoms with Gasteiger partial charge in [-0.05, 0) is 48.0 Å². The maximum absolute atomic E-state index is 13.6. The van der Waals surface area contributed by atoms with Crippen molar-refractivity contribution < 1.29 is 9.50 Å². The number of hydrogen-bond acceptors (Lipinski definition) is 3. The third-order valence-corrected chi connectivity index (χ3v) is 3.98. The highest BCUT2D eigenvalue weighted by Crippen LogP contribution is 2.37. The molecule has 0 bridgehead atoms. The number of aromatic amines is 1. The normalized spacial score (nSPS) is 11.5. The summed E-state index contributed by atoms with van der Waals surface area (Å²) in [7, 11) is 0. The number of halogens is 1. The Morgan fingerprint density at radius 3 is 2.72 bits per heavy atom. The lowest BCUT2D eigenvalue weighted by atomic mass is 10.0. The Morgan fingerprint density at radius 1 is 1.24 bits per heavy atom. The zero-order chi connectivity index (χ0) is 18.0. The Hall–Kier alpha value is -2.80. The molecule has 0 saturated carbocycles. The van der Waals surface area contributed by atoms with E-state index in [9.17, 15) is 9.50 Å². The van der Waals surface area contributed by atoms with Crippen molar-refractivity contribution in [2.75, 3.05) is 5.32 Å². The highest BCUT2D eigenvalue weighted by Gasteiger charge is 2.12. The van der Waals surface area contributed by atoms with E-state index < -0.39 is 5.82 Å². The van der Waals surface area contributed by atoms with Crippen molar-refractivity contribution in [1.29, 1.82) is 0 Å². The molecule has 0 aliphatic rings. The van der Waals surface area contributed by atoms with Crippen molar-refractivity contribution in [1.82, 2.24) is 4.98 Å². The second-order valence-corrected chi connectivity index (χ2v) is 6.28. The summed E-state index contributed by atoms with van der Waals surface area (Å²) in [6.45, 7) is 4.17. The molecule has 0 atom stereocenters. The maximum Gasteiger partial charge on any atom is 0.218 e. The fraction of sp³-hybridized carbons (Fsp3) is 0.167. The van der Waals surface area contributed by atoms with Gasteiger partial charge in [0.25, 0.3) is 0 Å². The summed E-state index contributed by atoms with van der Waals surface area (Å²) in [5, 5.41) is 21.4. The second kappa shape index (κ2) is 6.98. The first-order valence-electron chi connectivity index (χ1n) is 7.77. The van der Waals surface area contributed by atoms with Crippen LogP contribution in [-0.2, 0) is 0 Å². The average Bonchev–Trinajstić information content (AvgIpc) is 2.89. The SMILES string of the molecule is CC(C)c1ccc2[nH]c(O)c(N=NC(=S)Nc3ccccc3F)c2c1. The van der Waals surface area contributed by atoms with Gasteiger partial charge in [-0.2, -0.15) is 0 Å². The number of hydrogen-bond donors (Lipinski definition) is 3. The molecule has 0 aliphatic carbocycles. The number of aromatic hydroxyl groups is 1. The van der Waals surface area contributed by atoms with Gasteiger partial charge in [0.15, 0.2) is 5.69 Å². The van der Waals surface area contributed by atoms with Crippen molar-refractivity contribution in [2.24, 2.45) is 10.2 Å². The van der Waals surface area contributed by atoms with Crippen LogP contribution in [-0.4, -0.2) is 15.2 Å². The Labute approximate surface area is 149 Å². The smallest absolute Gasteiger partial charge is 0.218 e. The van der Waals surface area contributed by atoms with Gasteiger partial charge in [-0.25, -0.2) is 4.39 Å². The molecule has 2 aromatic carbocycles. The number of aromatic nitrogens is 1. The number of thiocarbonyl (C=S) groups is 1. The van der Waals surface area contributed by atoms with Crippen LogP contribution in [0.2, 0.25) is 0 Å². The summed E-state index contributed by atoms with van der Waals surface area (Å²) < 4.78 is 13.6. The molecule has 0 amide bonds. The van der Waals surface area contributed by atoms with Gasteiger partial charge in [-0.3, -0.25) is 0 Å². The van der Waals surface area contributed by atoms with E-state index in [0.29, 0.717) is 11.6 Å². The molecule has 7 heteroatoms. The van der Waals surface area contributed by atoms with Gasteiger partial charge in [0, 0.05) is 5.39 Å². The van der Waals surface area contributed by atoms with E-state index in [4.69, 9.17) is 12.2 Å². The first-order valence-corrected chi connectivity index (χ1v) is 8.18. The molecule has 3 rings (SSSR count). The average molecular weight is 356 g/mol. The molecule has 3 N–H and O–H groups in total. The van der Waals surface area contributed by atoms with Gasteiger partial charge in [-0.1, -0.05) is 32.0 Å². The highest BCUT2D eigenvalue weighted by molar-refractivity contribution is 7.80. The maximum atomic E-state index is 13.6. The van der Waals surface area contributed by atoms with E-state index in [2.05, 4.69) is 34.4 Å². The number of H-pyrrole nitrogens is 1. The number of azo groups is 1. The first-order chi connectivity index (χ1) is 12.0. The molecule has 0 unspecified atom stereocenters. The third kappa shape index (κ3) is 3.66. The molecule has 25 heavy (non-hydrogen) atoms. The van der Waals surface area contributed by atoms with E-state index in [-0.39, 0.29) is 16.7 Å². The predicted molar refractivity (Wildman–Crippen MR) is 101 cm³/mol. The van der Waals surface area contributed by atoms with Crippen LogP contribution in [0, 0.1) is 5.82 Å². The van der Waals surface area contributed by atoms with Crippen molar-refractivity contribution in [2.45, 2.75) is 19.8 Å². The predicted octanol–water partition coefficient (Wildman–Crippen LogP) is 5.62. The van der Waals surface area contributed by atoms with Crippen LogP contribution < -0.4 is 5.32 Å². The molecule has 0 aliphatic heterocycles. The first kappa shape index (κ1) is 17.0. The standard InChI is InChI=1S/C18H17FN4OS/c1-10(2)11-7-8-14-12(9-11)16(17(24)20-14)22-23-18(25)21-15-6-4-3-5-13(15)19/h3-10,20,24H,1-2H3,(H,21,25). The van der Waals surface area contributed by atoms with E-state index in [0.717, 1.165) is 16.5 Å². The largest absolute Gasteiger partial charge is 0.493 e. The van der Waals surface area contributed by atoms with Gasteiger partial charge < -0.3 is 15.4 Å². The Balaban J connectivity index is 1.87. The molecule has 0 saturated heterocycles. The molecule has 128 valence electrons. The van der Waals surface area contributed by atoms with Crippen LogP contribution in [0.5, 0.6) is 5.88 Å². The van der Waals surface area contributed by atoms with Crippen LogP contribution in [0.4, 0.5) is 15.8 Å². The summed E-state index contributed by atoms with van der Waals surface area (Å²) in [5.41, 5.74) is 2.39. The molecule has 3 aromatic rings. The molecular formula is C18H17FN4OS. The van der Waals surface area contributed by atoms with E-state index in [1.807, 2.05) is 18.2 Å². The molecule has 1 heterocycles. The molecule has 0 fully saturated rings. The number of fused-ring (bicyclic) bond motifs is 1. The van der Waals surface area contributed by atoms with Crippen molar-refractivity contribution in [3.05, 3.63) is 53.8 Å². The Bertz CT molecular complexity index is 965. The Morgan fingerprint density at radius 2 is 2.00 bits per heavy atom. The van der Waals surface area contributed by atoms with Crippen LogP contribution >= 0.6 is 12.2 Å². The lowest BCUT2D eigenvalue weighted by Gasteiger charge is -2.05. The minimum Gasteiger partial charge on any atom is -0.493 e. The summed E-state index contributed by atoms with van der Waals surface area (Å²) in [5.74, 6) is -0.181. The fourth-order valence-corrected chi connectivity index (χ4v) is 2.59. The minimum atomic E-state index is -0.434. The zero-order valence-electron chi connectivity index (χ0n) is 13.7. The number of benzene rings is 2. The minimum absolute atomic E-state index is 0.00105. The van der Waals surface area contributed by atoms with Crippen LogP contribution in [0.1, 0.15) is 25.3 Å². The topological polar surface area (TPSA) is 72.8 Å². The van der Waals surface area contributed by atoms with E-state index in [1.165, 1.54) is 6.07 Å². The van der Waals surface area contributed by atoms with Crippen LogP contribution in [0.25, 0.3) is 10.9 Å². The molecule has 0 radical (unpaired) electrons. The molecule has 1 aromatic heterocycles. The number of rotatable bonds is 3. The third-order valence-electron chi connectivity index (χ3n) is 3.80. The van der Waals surface area contributed by atoms with Gasteiger partial charge in [0.1, 0.15) is 5.82 Å². The molecular weight excluding hydrogens is 339 g/mol. The quantitative estimate of drug-likeness (QED) is 0.421. The van der Waals surface area contributed by atoms with Crippen molar-refractivity contribution in [3.63, 3.8) is 0 Å². The zero-order valence-corrected chi connectivity index (χ0v) is 14.6. The monoisotopic (exact) mass is 356 g/mol. The fourth-order valence-electron chi connectivity index (χ4n) is 2.44. The van der Waals surface area contributed by atoms with Crippen LogP contribution in [0.3, 0.4) is 0 Å². The van der Waals surface area contributed by atoms with Gasteiger partial charge in [0.2, 0.25) is 11.0 Å². The lowest BCUT2D eigenvalue weighted by Crippen LogP contribution is -2.06. The Kier molecular flexibility index (Phi) is 4.76. The number of nitrogens with one attached hydrogen (secondary N) is 2. The number of nitrogens with zero attached hydrogens (tertiary/aromatic N) is 2. The van der Waals surface area contributed by atoms with E-state index >= 15 is 0 Å². The van der Waals surface area contributed by atoms with Gasteiger partial charge >= 0.3 is 0 Å². The lowest BCUT2D eigenvalue weighted by molar-refractivity contribution is 0.459. The molecule has 0 spiro atoms. The summed E-state index contributed by atoms with van der Waals surface area (Å²) in [4.78, 5) is 2.85. The van der Waals surface area contributed by atoms with Crippen molar-refractivity contribution >= 4 is 39.6 Å². The summed E-state index contributed by atoms with van der Waals surface area (Å²) in [6, 6.07) is 12.0. The van der Waals surface area contributed by atoms with Gasteiger partial charge in [-0.15, -0.1) is 10.2 Å². The summed E-state index contributed by atoms with van der Waals surface area (Å²) >= 11 is 5.07. The van der Waals surface area contributed by atoms with Crippen molar-refractivity contribution in [3.8, 4) is 5.88 Å². The van der Waals surface area contributed by atoms with Crippen LogP contribution in [0.15, 0.2) is 52.7 Å². The van der Waals surface area contributed by atoms with E-state index in [1.54, 1.807) is 18.2 Å². The summed E-state index contributed by atoms with van der Waals surface area (Å²) in [6.07, 6.45) is 0. The number of anilines is 1. The second-order valence-electron chi connectivity index (χ2n) is 5.89. The number of para-hydroxylation sites is 1. The molecule has 5 nitrogen and oxygen atoms in total. The highest BCUT2D eigenvalue weighted by atomic mass is 32.1.